The summed E-state index contributed by atoms with van der Waals surface area (Å²) in [5.41, 5.74) is 8.55. The van der Waals surface area contributed by atoms with E-state index in [1.807, 2.05) is 0 Å². The molecule has 2 heteroatoms. The summed E-state index contributed by atoms with van der Waals surface area (Å²) in [6, 6.07) is 28.7. The molecule has 1 aliphatic heterocycles. The zero-order valence-corrected chi connectivity index (χ0v) is 16.9. The molecule has 0 bridgehead atoms. The second kappa shape index (κ2) is 8.26. The number of fused-ring (bicyclic) bond motifs is 2. The van der Waals surface area contributed by atoms with Crippen LogP contribution in [0.1, 0.15) is 22.3 Å². The molecule has 0 N–H and O–H groups in total. The lowest BCUT2D eigenvalue weighted by Crippen LogP contribution is -2.46. The van der Waals surface area contributed by atoms with Crippen LogP contribution in [0.25, 0.3) is 5.57 Å². The molecule has 146 valence electrons. The highest BCUT2D eigenvalue weighted by atomic mass is 15.3. The molecule has 3 aromatic carbocycles. The van der Waals surface area contributed by atoms with Crippen LogP contribution in [0.15, 0.2) is 84.9 Å². The van der Waals surface area contributed by atoms with E-state index in [0.29, 0.717) is 0 Å². The lowest BCUT2D eigenvalue weighted by atomic mass is 9.93. The van der Waals surface area contributed by atoms with Gasteiger partial charge >= 0.3 is 0 Å². The summed E-state index contributed by atoms with van der Waals surface area (Å²) in [6.45, 7) is 5.44. The van der Waals surface area contributed by atoms with Crippen LogP contribution in [0.5, 0.6) is 0 Å². The predicted molar refractivity (Wildman–Crippen MR) is 122 cm³/mol. The zero-order chi connectivity index (χ0) is 19.5. The largest absolute Gasteiger partial charge is 0.369 e. The summed E-state index contributed by atoms with van der Waals surface area (Å²) in [5.74, 6) is 0. The van der Waals surface area contributed by atoms with Gasteiger partial charge in [0.15, 0.2) is 0 Å². The quantitative estimate of drug-likeness (QED) is 0.628. The van der Waals surface area contributed by atoms with E-state index < -0.39 is 0 Å². The maximum atomic E-state index is 2.59. The molecule has 0 atom stereocenters. The molecule has 2 aliphatic rings. The summed E-state index contributed by atoms with van der Waals surface area (Å²) >= 11 is 0. The van der Waals surface area contributed by atoms with Gasteiger partial charge in [0.05, 0.1) is 0 Å². The Morgan fingerprint density at radius 3 is 1.79 bits per heavy atom. The van der Waals surface area contributed by atoms with E-state index in [4.69, 9.17) is 0 Å². The van der Waals surface area contributed by atoms with Gasteiger partial charge in [-0.15, -0.1) is 0 Å². The predicted octanol–water partition coefficient (Wildman–Crippen LogP) is 5.04. The van der Waals surface area contributed by atoms with Crippen molar-refractivity contribution in [3.63, 3.8) is 0 Å². The molecule has 0 unspecified atom stereocenters. The summed E-state index contributed by atoms with van der Waals surface area (Å²) in [6.07, 6.45) is 4.72. The minimum atomic E-state index is 1.01. The van der Waals surface area contributed by atoms with Crippen molar-refractivity contribution in [1.29, 1.82) is 0 Å². The maximum absolute atomic E-state index is 2.59. The number of benzene rings is 3. The maximum Gasteiger partial charge on any atom is 0.0367 e. The fourth-order valence-electron chi connectivity index (χ4n) is 4.68. The number of para-hydroxylation sites is 1. The van der Waals surface area contributed by atoms with Crippen molar-refractivity contribution in [3.8, 4) is 0 Å². The van der Waals surface area contributed by atoms with Crippen molar-refractivity contribution in [1.82, 2.24) is 4.90 Å². The summed E-state index contributed by atoms with van der Waals surface area (Å²) in [4.78, 5) is 5.09. The van der Waals surface area contributed by atoms with Crippen LogP contribution in [-0.2, 0) is 12.8 Å². The van der Waals surface area contributed by atoms with E-state index in [1.165, 1.54) is 33.5 Å². The van der Waals surface area contributed by atoms with Crippen LogP contribution >= 0.6 is 0 Å². The van der Waals surface area contributed by atoms with Gasteiger partial charge in [-0.3, -0.25) is 4.90 Å². The molecule has 0 radical (unpaired) electrons. The van der Waals surface area contributed by atoms with Gasteiger partial charge in [-0.05, 0) is 52.8 Å². The molecule has 0 saturated carbocycles. The summed E-state index contributed by atoms with van der Waals surface area (Å²) in [5, 5.41) is 0. The Morgan fingerprint density at radius 1 is 0.621 bits per heavy atom. The lowest BCUT2D eigenvalue weighted by molar-refractivity contribution is 0.284. The van der Waals surface area contributed by atoms with Gasteiger partial charge in [0.1, 0.15) is 0 Å². The first-order chi connectivity index (χ1) is 14.4. The van der Waals surface area contributed by atoms with Crippen LogP contribution in [0.2, 0.25) is 0 Å². The molecule has 0 spiro atoms. The normalized spacial score (nSPS) is 16.7. The first-order valence-electron chi connectivity index (χ1n) is 10.8. The molecule has 1 fully saturated rings. The van der Waals surface area contributed by atoms with Gasteiger partial charge in [-0.2, -0.15) is 0 Å². The Hall–Kier alpha value is -2.84. The molecular formula is C27H28N2. The molecular weight excluding hydrogens is 352 g/mol. The SMILES string of the molecule is C(CN1CCN(c2ccccc2)CC1)=C1c2ccccc2CCc2ccccc21. The highest BCUT2D eigenvalue weighted by Gasteiger charge is 2.19. The monoisotopic (exact) mass is 380 g/mol. The minimum absolute atomic E-state index is 1.01. The Bertz CT molecular complexity index is 948. The number of piperazine rings is 1. The molecule has 5 rings (SSSR count). The van der Waals surface area contributed by atoms with Gasteiger partial charge in [-0.25, -0.2) is 0 Å². The number of nitrogens with zero attached hydrogens (tertiary/aromatic N) is 2. The van der Waals surface area contributed by atoms with Crippen LogP contribution in [0, 0.1) is 0 Å². The standard InChI is InChI=1S/C27H28N2/c1-2-10-24(11-3-1)29-20-18-28(19-21-29)17-16-27-25-12-6-4-8-22(25)14-15-23-9-5-7-13-26(23)27/h1-13,16H,14-15,17-21H2. The third-order valence-electron chi connectivity index (χ3n) is 6.33. The van der Waals surface area contributed by atoms with E-state index in [9.17, 15) is 0 Å². The number of aryl methyl sites for hydroxylation is 2. The average molecular weight is 381 g/mol. The topological polar surface area (TPSA) is 6.48 Å². The number of hydrogen-bond donors (Lipinski definition) is 0. The summed E-state index contributed by atoms with van der Waals surface area (Å²) < 4.78 is 0. The zero-order valence-electron chi connectivity index (χ0n) is 16.9. The molecule has 0 amide bonds. The Labute approximate surface area is 174 Å². The average Bonchev–Trinajstić information content (AvgIpc) is 2.96. The minimum Gasteiger partial charge on any atom is -0.369 e. The van der Waals surface area contributed by atoms with Crippen LogP contribution in [0.3, 0.4) is 0 Å². The molecule has 0 aromatic heterocycles. The van der Waals surface area contributed by atoms with Gasteiger partial charge in [0.25, 0.3) is 0 Å². The van der Waals surface area contributed by atoms with Gasteiger partial charge in [0.2, 0.25) is 0 Å². The van der Waals surface area contributed by atoms with E-state index in [0.717, 1.165) is 45.6 Å². The van der Waals surface area contributed by atoms with Gasteiger partial charge < -0.3 is 4.90 Å². The smallest absolute Gasteiger partial charge is 0.0367 e. The fourth-order valence-corrected chi connectivity index (χ4v) is 4.68. The second-order valence-corrected chi connectivity index (χ2v) is 8.06. The van der Waals surface area contributed by atoms with Crippen molar-refractivity contribution in [2.75, 3.05) is 37.6 Å². The molecule has 29 heavy (non-hydrogen) atoms. The number of anilines is 1. The highest BCUT2D eigenvalue weighted by Crippen LogP contribution is 2.33. The van der Waals surface area contributed by atoms with Crippen molar-refractivity contribution in [2.45, 2.75) is 12.8 Å². The van der Waals surface area contributed by atoms with E-state index >= 15 is 0 Å². The third-order valence-corrected chi connectivity index (χ3v) is 6.33. The Balaban J connectivity index is 1.36. The van der Waals surface area contributed by atoms with E-state index in [2.05, 4.69) is 94.7 Å². The first kappa shape index (κ1) is 18.2. The number of hydrogen-bond acceptors (Lipinski definition) is 2. The molecule has 1 aliphatic carbocycles. The molecule has 3 aromatic rings. The highest BCUT2D eigenvalue weighted by molar-refractivity contribution is 5.84. The molecule has 2 nitrogen and oxygen atoms in total. The van der Waals surface area contributed by atoms with Gasteiger partial charge in [0, 0.05) is 38.4 Å². The Morgan fingerprint density at radius 2 is 1.17 bits per heavy atom. The van der Waals surface area contributed by atoms with Crippen molar-refractivity contribution >= 4 is 11.3 Å². The van der Waals surface area contributed by atoms with Crippen LogP contribution in [0.4, 0.5) is 5.69 Å². The lowest BCUT2D eigenvalue weighted by Gasteiger charge is -2.35. The molecule has 1 saturated heterocycles. The van der Waals surface area contributed by atoms with Crippen molar-refractivity contribution < 1.29 is 0 Å². The number of rotatable bonds is 3. The van der Waals surface area contributed by atoms with Crippen LogP contribution < -0.4 is 4.90 Å². The first-order valence-corrected chi connectivity index (χ1v) is 10.8. The third kappa shape index (κ3) is 3.86. The second-order valence-electron chi connectivity index (χ2n) is 8.06. The van der Waals surface area contributed by atoms with E-state index in [1.54, 1.807) is 0 Å². The Kier molecular flexibility index (Phi) is 5.19. The fraction of sp³-hybridized carbons (Fsp3) is 0.259. The van der Waals surface area contributed by atoms with Crippen molar-refractivity contribution in [2.24, 2.45) is 0 Å². The van der Waals surface area contributed by atoms with Crippen LogP contribution in [-0.4, -0.2) is 37.6 Å². The van der Waals surface area contributed by atoms with Gasteiger partial charge in [-0.1, -0.05) is 72.8 Å². The van der Waals surface area contributed by atoms with Crippen molar-refractivity contribution in [3.05, 3.63) is 107 Å². The molecule has 1 heterocycles. The van der Waals surface area contributed by atoms with E-state index in [-0.39, 0.29) is 0 Å². The summed E-state index contributed by atoms with van der Waals surface area (Å²) in [7, 11) is 0.